The summed E-state index contributed by atoms with van der Waals surface area (Å²) in [6.45, 7) is 3.74. The van der Waals surface area contributed by atoms with Crippen molar-refractivity contribution in [1.29, 1.82) is 0 Å². The first kappa shape index (κ1) is 12.9. The van der Waals surface area contributed by atoms with Gasteiger partial charge in [0.1, 0.15) is 17.2 Å². The van der Waals surface area contributed by atoms with Crippen LogP contribution in [-0.4, -0.2) is 26.3 Å². The Bertz CT molecular complexity index is 630. The monoisotopic (exact) mass is 263 g/mol. The van der Waals surface area contributed by atoms with Crippen LogP contribution in [0.2, 0.25) is 0 Å². The van der Waals surface area contributed by atoms with E-state index in [1.807, 2.05) is 13.8 Å². The number of aromatic carboxylic acids is 1. The van der Waals surface area contributed by atoms with Gasteiger partial charge in [-0.3, -0.25) is 0 Å². The van der Waals surface area contributed by atoms with Gasteiger partial charge < -0.3 is 19.7 Å². The lowest BCUT2D eigenvalue weighted by Gasteiger charge is -2.11. The Labute approximate surface area is 109 Å². The SMILES string of the molecule is CC(C)c1cc(-c2ncoc2C(=O)O)c(O)cc1O. The zero-order valence-electron chi connectivity index (χ0n) is 10.4. The fourth-order valence-electron chi connectivity index (χ4n) is 1.84. The Morgan fingerprint density at radius 1 is 1.26 bits per heavy atom. The van der Waals surface area contributed by atoms with E-state index in [0.717, 1.165) is 6.39 Å². The van der Waals surface area contributed by atoms with Gasteiger partial charge in [0.15, 0.2) is 6.39 Å². The minimum absolute atomic E-state index is 0.0135. The lowest BCUT2D eigenvalue weighted by molar-refractivity contribution is 0.0663. The zero-order valence-corrected chi connectivity index (χ0v) is 10.4. The average molecular weight is 263 g/mol. The Morgan fingerprint density at radius 2 is 1.95 bits per heavy atom. The summed E-state index contributed by atoms with van der Waals surface area (Å²) in [5.74, 6) is -1.91. The van der Waals surface area contributed by atoms with E-state index < -0.39 is 5.97 Å². The summed E-state index contributed by atoms with van der Waals surface area (Å²) < 4.78 is 4.78. The van der Waals surface area contributed by atoms with Crippen LogP contribution in [0.25, 0.3) is 11.3 Å². The molecule has 2 aromatic rings. The van der Waals surface area contributed by atoms with Crippen LogP contribution >= 0.6 is 0 Å². The number of benzene rings is 1. The number of oxazole rings is 1. The maximum absolute atomic E-state index is 11.0. The maximum Gasteiger partial charge on any atom is 0.374 e. The number of phenols is 2. The first-order valence-corrected chi connectivity index (χ1v) is 5.64. The highest BCUT2D eigenvalue weighted by molar-refractivity contribution is 5.92. The van der Waals surface area contributed by atoms with E-state index in [9.17, 15) is 15.0 Å². The molecule has 1 aromatic heterocycles. The molecule has 1 aromatic carbocycles. The molecule has 0 bridgehead atoms. The minimum Gasteiger partial charge on any atom is -0.508 e. The number of carbonyl (C=O) groups is 1. The molecular formula is C13H13NO5. The molecule has 6 nitrogen and oxygen atoms in total. The number of nitrogens with zero attached hydrogens (tertiary/aromatic N) is 1. The number of phenolic OH excluding ortho intramolecular Hbond substituents is 2. The summed E-state index contributed by atoms with van der Waals surface area (Å²) in [6.07, 6.45) is 1.00. The third-order valence-corrected chi connectivity index (χ3v) is 2.78. The van der Waals surface area contributed by atoms with E-state index >= 15 is 0 Å². The topological polar surface area (TPSA) is 104 Å². The van der Waals surface area contributed by atoms with E-state index in [4.69, 9.17) is 9.52 Å². The summed E-state index contributed by atoms with van der Waals surface area (Å²) in [5.41, 5.74) is 0.840. The first-order chi connectivity index (χ1) is 8.91. The van der Waals surface area contributed by atoms with Gasteiger partial charge in [-0.2, -0.15) is 0 Å². The molecule has 6 heteroatoms. The van der Waals surface area contributed by atoms with Gasteiger partial charge in [-0.15, -0.1) is 0 Å². The van der Waals surface area contributed by atoms with Crippen molar-refractivity contribution in [3.63, 3.8) is 0 Å². The predicted molar refractivity (Wildman–Crippen MR) is 66.3 cm³/mol. The van der Waals surface area contributed by atoms with E-state index in [-0.39, 0.29) is 34.4 Å². The van der Waals surface area contributed by atoms with Crippen molar-refractivity contribution in [2.75, 3.05) is 0 Å². The molecule has 3 N–H and O–H groups in total. The molecule has 0 spiro atoms. The lowest BCUT2D eigenvalue weighted by Crippen LogP contribution is -1.98. The summed E-state index contributed by atoms with van der Waals surface area (Å²) in [4.78, 5) is 14.8. The van der Waals surface area contributed by atoms with Gasteiger partial charge in [-0.1, -0.05) is 13.8 Å². The Balaban J connectivity index is 2.65. The molecule has 0 saturated heterocycles. The number of carboxylic acid groups (broad SMARTS) is 1. The van der Waals surface area contributed by atoms with Crippen molar-refractivity contribution in [1.82, 2.24) is 4.98 Å². The van der Waals surface area contributed by atoms with Gasteiger partial charge >= 0.3 is 5.97 Å². The van der Waals surface area contributed by atoms with Crippen LogP contribution < -0.4 is 0 Å². The van der Waals surface area contributed by atoms with Crippen LogP contribution in [0.15, 0.2) is 22.9 Å². The van der Waals surface area contributed by atoms with Crippen LogP contribution in [0, 0.1) is 0 Å². The molecule has 100 valence electrons. The lowest BCUT2D eigenvalue weighted by atomic mass is 9.97. The van der Waals surface area contributed by atoms with Gasteiger partial charge in [0.25, 0.3) is 0 Å². The van der Waals surface area contributed by atoms with Crippen molar-refractivity contribution in [2.24, 2.45) is 0 Å². The number of hydrogen-bond donors (Lipinski definition) is 3. The molecule has 2 rings (SSSR count). The molecule has 0 aliphatic carbocycles. The van der Waals surface area contributed by atoms with Crippen LogP contribution in [-0.2, 0) is 0 Å². The van der Waals surface area contributed by atoms with Crippen LogP contribution in [0.3, 0.4) is 0 Å². The molecule has 0 aliphatic rings. The summed E-state index contributed by atoms with van der Waals surface area (Å²) in [6, 6.07) is 2.69. The highest BCUT2D eigenvalue weighted by Crippen LogP contribution is 2.38. The predicted octanol–water partition coefficient (Wildman–Crippen LogP) is 2.57. The molecule has 0 atom stereocenters. The molecule has 0 amide bonds. The van der Waals surface area contributed by atoms with Crippen molar-refractivity contribution in [3.05, 3.63) is 29.9 Å². The molecule has 0 aliphatic heterocycles. The van der Waals surface area contributed by atoms with Crippen LogP contribution in [0.4, 0.5) is 0 Å². The van der Waals surface area contributed by atoms with Gasteiger partial charge in [0.05, 0.1) is 0 Å². The van der Waals surface area contributed by atoms with E-state index in [2.05, 4.69) is 4.98 Å². The smallest absolute Gasteiger partial charge is 0.374 e. The Hall–Kier alpha value is -2.50. The summed E-state index contributed by atoms with van der Waals surface area (Å²) in [7, 11) is 0. The normalized spacial score (nSPS) is 10.9. The van der Waals surface area contributed by atoms with Gasteiger partial charge in [-0.05, 0) is 17.5 Å². The minimum atomic E-state index is -1.27. The number of carboxylic acids is 1. The van der Waals surface area contributed by atoms with E-state index in [1.54, 1.807) is 0 Å². The molecule has 0 saturated carbocycles. The van der Waals surface area contributed by atoms with Crippen molar-refractivity contribution < 1.29 is 24.5 Å². The number of aromatic nitrogens is 1. The van der Waals surface area contributed by atoms with E-state index in [0.29, 0.717) is 5.56 Å². The third-order valence-electron chi connectivity index (χ3n) is 2.78. The van der Waals surface area contributed by atoms with Gasteiger partial charge in [-0.25, -0.2) is 9.78 Å². The van der Waals surface area contributed by atoms with E-state index in [1.165, 1.54) is 12.1 Å². The van der Waals surface area contributed by atoms with Crippen LogP contribution in [0.5, 0.6) is 11.5 Å². The maximum atomic E-state index is 11.0. The fourth-order valence-corrected chi connectivity index (χ4v) is 1.84. The largest absolute Gasteiger partial charge is 0.508 e. The molecule has 0 unspecified atom stereocenters. The summed E-state index contributed by atoms with van der Waals surface area (Å²) >= 11 is 0. The summed E-state index contributed by atoms with van der Waals surface area (Å²) in [5, 5.41) is 28.6. The number of rotatable bonds is 3. The standard InChI is InChI=1S/C13H13NO5/c1-6(2)7-3-8(10(16)4-9(7)15)11-12(13(17)18)19-5-14-11/h3-6,15-16H,1-2H3,(H,17,18). The molecule has 19 heavy (non-hydrogen) atoms. The Morgan fingerprint density at radius 3 is 2.53 bits per heavy atom. The first-order valence-electron chi connectivity index (χ1n) is 5.64. The quantitative estimate of drug-likeness (QED) is 0.786. The second-order valence-electron chi connectivity index (χ2n) is 4.42. The van der Waals surface area contributed by atoms with Crippen molar-refractivity contribution in [3.8, 4) is 22.8 Å². The Kier molecular flexibility index (Phi) is 3.16. The number of hydrogen-bond acceptors (Lipinski definition) is 5. The molecule has 1 heterocycles. The fraction of sp³-hybridized carbons (Fsp3) is 0.231. The molecule has 0 radical (unpaired) electrons. The molecular weight excluding hydrogens is 250 g/mol. The van der Waals surface area contributed by atoms with Crippen molar-refractivity contribution >= 4 is 5.97 Å². The average Bonchev–Trinajstić information content (AvgIpc) is 2.77. The highest BCUT2D eigenvalue weighted by atomic mass is 16.4. The molecule has 0 fully saturated rings. The van der Waals surface area contributed by atoms with Crippen LogP contribution in [0.1, 0.15) is 35.9 Å². The third kappa shape index (κ3) is 2.24. The van der Waals surface area contributed by atoms with Gasteiger partial charge in [0.2, 0.25) is 5.76 Å². The highest BCUT2D eigenvalue weighted by Gasteiger charge is 2.22. The second kappa shape index (κ2) is 4.64. The second-order valence-corrected chi connectivity index (χ2v) is 4.42. The zero-order chi connectivity index (χ0) is 14.2. The van der Waals surface area contributed by atoms with Crippen molar-refractivity contribution in [2.45, 2.75) is 19.8 Å². The number of aromatic hydroxyl groups is 2. The van der Waals surface area contributed by atoms with Gasteiger partial charge in [0, 0.05) is 11.6 Å².